The van der Waals surface area contributed by atoms with E-state index in [1.54, 1.807) is 22.7 Å². The van der Waals surface area contributed by atoms with Crippen LogP contribution in [0.25, 0.3) is 9.75 Å². The van der Waals surface area contributed by atoms with Crippen LogP contribution in [0.3, 0.4) is 0 Å². The molecule has 1 aromatic carbocycles. The molecule has 0 amide bonds. The molecule has 3 rings (SSSR count). The van der Waals surface area contributed by atoms with Crippen LogP contribution in [-0.2, 0) is 0 Å². The number of aromatic nitrogens is 1. The minimum absolute atomic E-state index is 0.917. The van der Waals surface area contributed by atoms with Crippen molar-refractivity contribution in [2.45, 2.75) is 0 Å². The van der Waals surface area contributed by atoms with Crippen molar-refractivity contribution in [3.05, 3.63) is 52.4 Å². The van der Waals surface area contributed by atoms with E-state index in [0.29, 0.717) is 0 Å². The Labute approximate surface area is 121 Å². The van der Waals surface area contributed by atoms with E-state index >= 15 is 0 Å². The molecule has 2 heterocycles. The van der Waals surface area contributed by atoms with Crippen molar-refractivity contribution in [3.63, 3.8) is 0 Å². The van der Waals surface area contributed by atoms with Gasteiger partial charge in [-0.05, 0) is 35.7 Å². The zero-order chi connectivity index (χ0) is 12.4. The Hall–Kier alpha value is -1.17. The smallest absolute Gasteiger partial charge is 0.187 e. The molecule has 5 heteroatoms. The van der Waals surface area contributed by atoms with Crippen LogP contribution in [0.4, 0.5) is 10.8 Å². The zero-order valence-electron chi connectivity index (χ0n) is 9.26. The molecule has 0 radical (unpaired) electrons. The third-order valence-electron chi connectivity index (χ3n) is 2.37. The zero-order valence-corrected chi connectivity index (χ0v) is 12.5. The quantitative estimate of drug-likeness (QED) is 0.694. The van der Waals surface area contributed by atoms with Gasteiger partial charge in [0.05, 0.1) is 4.88 Å². The highest BCUT2D eigenvalue weighted by Gasteiger charge is 2.05. The first-order valence-electron chi connectivity index (χ1n) is 5.33. The maximum atomic E-state index is 4.39. The number of halogens is 1. The Kier molecular flexibility index (Phi) is 3.45. The van der Waals surface area contributed by atoms with Crippen molar-refractivity contribution < 1.29 is 0 Å². The number of hydrogen-bond acceptors (Lipinski definition) is 4. The molecular weight excluding hydrogens is 328 g/mol. The van der Waals surface area contributed by atoms with Crippen LogP contribution in [0.5, 0.6) is 0 Å². The summed E-state index contributed by atoms with van der Waals surface area (Å²) in [4.78, 5) is 6.85. The summed E-state index contributed by atoms with van der Waals surface area (Å²) in [5, 5.41) is 6.30. The molecule has 90 valence electrons. The summed E-state index contributed by atoms with van der Waals surface area (Å²) >= 11 is 6.82. The summed E-state index contributed by atoms with van der Waals surface area (Å²) in [7, 11) is 0. The van der Waals surface area contributed by atoms with Crippen molar-refractivity contribution in [3.8, 4) is 9.75 Å². The number of nitrogens with one attached hydrogen (secondary N) is 1. The first kappa shape index (κ1) is 11.9. The average Bonchev–Trinajstić information content (AvgIpc) is 3.02. The van der Waals surface area contributed by atoms with Crippen molar-refractivity contribution in [2.24, 2.45) is 0 Å². The van der Waals surface area contributed by atoms with Crippen LogP contribution in [0.15, 0.2) is 52.4 Å². The molecular formula is C13H9BrN2S2. The minimum Gasteiger partial charge on any atom is -0.332 e. The lowest BCUT2D eigenvalue weighted by atomic mass is 10.3. The van der Waals surface area contributed by atoms with Crippen molar-refractivity contribution in [2.75, 3.05) is 5.32 Å². The highest BCUT2D eigenvalue weighted by Crippen LogP contribution is 2.33. The Morgan fingerprint density at radius 3 is 2.61 bits per heavy atom. The third kappa shape index (κ3) is 2.63. The van der Waals surface area contributed by atoms with Gasteiger partial charge in [-0.1, -0.05) is 33.3 Å². The Bertz CT molecular complexity index is 629. The molecule has 0 aliphatic carbocycles. The van der Waals surface area contributed by atoms with E-state index in [1.165, 1.54) is 9.75 Å². The standard InChI is InChI=1S/C13H9BrN2S2/c14-9-3-5-10(6-4-9)16-13-15-8-12(18-13)11-2-1-7-17-11/h1-8H,(H,15,16). The molecule has 2 aromatic heterocycles. The van der Waals surface area contributed by atoms with E-state index in [-0.39, 0.29) is 0 Å². The lowest BCUT2D eigenvalue weighted by Gasteiger charge is -2.01. The number of anilines is 2. The minimum atomic E-state index is 0.917. The van der Waals surface area contributed by atoms with Gasteiger partial charge in [0.1, 0.15) is 0 Å². The first-order valence-corrected chi connectivity index (χ1v) is 7.82. The second-order valence-electron chi connectivity index (χ2n) is 3.64. The van der Waals surface area contributed by atoms with E-state index in [9.17, 15) is 0 Å². The molecule has 0 spiro atoms. The first-order chi connectivity index (χ1) is 8.81. The van der Waals surface area contributed by atoms with Gasteiger partial charge in [0.2, 0.25) is 0 Å². The van der Waals surface area contributed by atoms with E-state index in [0.717, 1.165) is 15.3 Å². The molecule has 0 saturated heterocycles. The van der Waals surface area contributed by atoms with E-state index in [1.807, 2.05) is 30.5 Å². The molecule has 0 atom stereocenters. The van der Waals surface area contributed by atoms with Gasteiger partial charge in [-0.25, -0.2) is 4.98 Å². The summed E-state index contributed by atoms with van der Waals surface area (Å²) in [6.07, 6.45) is 1.91. The van der Waals surface area contributed by atoms with Gasteiger partial charge in [0.25, 0.3) is 0 Å². The molecule has 0 aliphatic rings. The fourth-order valence-corrected chi connectivity index (χ4v) is 3.44. The van der Waals surface area contributed by atoms with Crippen LogP contribution in [0.1, 0.15) is 0 Å². The molecule has 0 fully saturated rings. The van der Waals surface area contributed by atoms with Crippen molar-refractivity contribution in [1.82, 2.24) is 4.98 Å². The predicted octanol–water partition coefficient (Wildman–Crippen LogP) is 5.38. The number of benzene rings is 1. The number of hydrogen-bond donors (Lipinski definition) is 1. The number of thiazole rings is 1. The highest BCUT2D eigenvalue weighted by atomic mass is 79.9. The lowest BCUT2D eigenvalue weighted by molar-refractivity contribution is 1.39. The number of thiophene rings is 1. The van der Waals surface area contributed by atoms with Gasteiger partial charge in [-0.2, -0.15) is 0 Å². The molecule has 0 unspecified atom stereocenters. The molecule has 18 heavy (non-hydrogen) atoms. The Morgan fingerprint density at radius 2 is 1.89 bits per heavy atom. The summed E-state index contributed by atoms with van der Waals surface area (Å²) in [5.74, 6) is 0. The van der Waals surface area contributed by atoms with Gasteiger partial charge >= 0.3 is 0 Å². The van der Waals surface area contributed by atoms with E-state index in [2.05, 4.69) is 43.7 Å². The average molecular weight is 337 g/mol. The molecule has 0 aliphatic heterocycles. The largest absolute Gasteiger partial charge is 0.332 e. The normalized spacial score (nSPS) is 10.5. The fraction of sp³-hybridized carbons (Fsp3) is 0. The molecule has 2 nitrogen and oxygen atoms in total. The van der Waals surface area contributed by atoms with Gasteiger partial charge in [-0.15, -0.1) is 11.3 Å². The maximum Gasteiger partial charge on any atom is 0.187 e. The van der Waals surface area contributed by atoms with Gasteiger partial charge in [-0.3, -0.25) is 0 Å². The van der Waals surface area contributed by atoms with Gasteiger partial charge in [0, 0.05) is 21.2 Å². The van der Waals surface area contributed by atoms with E-state index < -0.39 is 0 Å². The summed E-state index contributed by atoms with van der Waals surface area (Å²) in [6, 6.07) is 12.2. The van der Waals surface area contributed by atoms with Crippen molar-refractivity contribution in [1.29, 1.82) is 0 Å². The van der Waals surface area contributed by atoms with Crippen molar-refractivity contribution >= 4 is 49.4 Å². The SMILES string of the molecule is Brc1ccc(Nc2ncc(-c3cccs3)s2)cc1. The van der Waals surface area contributed by atoms with Crippen LogP contribution in [0, 0.1) is 0 Å². The molecule has 3 aromatic rings. The lowest BCUT2D eigenvalue weighted by Crippen LogP contribution is -1.87. The van der Waals surface area contributed by atoms with Crippen LogP contribution in [-0.4, -0.2) is 4.98 Å². The monoisotopic (exact) mass is 336 g/mol. The highest BCUT2D eigenvalue weighted by molar-refractivity contribution is 9.10. The van der Waals surface area contributed by atoms with Gasteiger partial charge < -0.3 is 5.32 Å². The second kappa shape index (κ2) is 5.22. The van der Waals surface area contributed by atoms with Crippen LogP contribution < -0.4 is 5.32 Å². The summed E-state index contributed by atoms with van der Waals surface area (Å²) in [5.41, 5.74) is 1.05. The third-order valence-corrected chi connectivity index (χ3v) is 4.87. The molecule has 0 bridgehead atoms. The van der Waals surface area contributed by atoms with E-state index in [4.69, 9.17) is 0 Å². The summed E-state index contributed by atoms with van der Waals surface area (Å²) in [6.45, 7) is 0. The topological polar surface area (TPSA) is 24.9 Å². The van der Waals surface area contributed by atoms with Crippen LogP contribution in [0.2, 0.25) is 0 Å². The maximum absolute atomic E-state index is 4.39. The summed E-state index contributed by atoms with van der Waals surface area (Å²) < 4.78 is 1.08. The number of rotatable bonds is 3. The number of nitrogens with zero attached hydrogens (tertiary/aromatic N) is 1. The Morgan fingerprint density at radius 1 is 1.06 bits per heavy atom. The molecule has 1 N–H and O–H groups in total. The molecule has 0 saturated carbocycles. The Balaban J connectivity index is 1.80. The van der Waals surface area contributed by atoms with Gasteiger partial charge in [0.15, 0.2) is 5.13 Å². The van der Waals surface area contributed by atoms with Crippen LogP contribution >= 0.6 is 38.6 Å². The fourth-order valence-electron chi connectivity index (χ4n) is 1.52. The predicted molar refractivity (Wildman–Crippen MR) is 82.9 cm³/mol. The second-order valence-corrected chi connectivity index (χ2v) is 6.53.